The molecule has 0 saturated heterocycles. The molecule has 40 heavy (non-hydrogen) atoms. The highest BCUT2D eigenvalue weighted by molar-refractivity contribution is 5.85. The zero-order valence-corrected chi connectivity index (χ0v) is 25.7. The minimum atomic E-state index is -0.679. The molecular weight excluding hydrogens is 512 g/mol. The van der Waals surface area contributed by atoms with Crippen LogP contribution in [0, 0.1) is 13.8 Å². The highest BCUT2D eigenvalue weighted by atomic mass is 35.5. The lowest BCUT2D eigenvalue weighted by molar-refractivity contribution is -0.137. The lowest BCUT2D eigenvalue weighted by Gasteiger charge is -2.47. The van der Waals surface area contributed by atoms with E-state index in [0.29, 0.717) is 0 Å². The van der Waals surface area contributed by atoms with Crippen molar-refractivity contribution in [2.24, 2.45) is 0 Å². The van der Waals surface area contributed by atoms with Gasteiger partial charge in [-0.15, -0.1) is 12.4 Å². The zero-order valence-electron chi connectivity index (χ0n) is 24.9. The molecule has 4 aromatic carbocycles. The Morgan fingerprint density at radius 3 is 1.15 bits per heavy atom. The SMILES string of the molecule is Cc1ccccc1C(CCN(C)C)(OC(CCN(C)C)(c1ccccc1)c1ccccc1C)c1ccccc1.Cl. The Hall–Kier alpha value is -2.95. The maximum absolute atomic E-state index is 7.98. The normalized spacial score (nSPS) is 14.4. The molecule has 0 radical (unpaired) electrons. The van der Waals surface area contributed by atoms with E-state index in [9.17, 15) is 0 Å². The smallest absolute Gasteiger partial charge is 0.121 e. The Labute approximate surface area is 248 Å². The molecule has 0 aliphatic rings. The predicted octanol–water partition coefficient (Wildman–Crippen LogP) is 7.83. The Morgan fingerprint density at radius 1 is 0.500 bits per heavy atom. The van der Waals surface area contributed by atoms with Gasteiger partial charge in [0.15, 0.2) is 0 Å². The van der Waals surface area contributed by atoms with E-state index in [2.05, 4.69) is 161 Å². The average Bonchev–Trinajstić information content (AvgIpc) is 2.95. The Balaban J connectivity index is 0.00000441. The Morgan fingerprint density at radius 2 is 0.825 bits per heavy atom. The summed E-state index contributed by atoms with van der Waals surface area (Å²) in [6, 6.07) is 39.2. The molecule has 2 atom stereocenters. The van der Waals surface area contributed by atoms with Crippen LogP contribution in [-0.4, -0.2) is 51.1 Å². The van der Waals surface area contributed by atoms with Gasteiger partial charge in [0.2, 0.25) is 0 Å². The van der Waals surface area contributed by atoms with Crippen LogP contribution in [0.3, 0.4) is 0 Å². The van der Waals surface area contributed by atoms with E-state index in [1.165, 1.54) is 33.4 Å². The summed E-state index contributed by atoms with van der Waals surface area (Å²) in [4.78, 5) is 4.52. The molecule has 0 fully saturated rings. The van der Waals surface area contributed by atoms with Crippen LogP contribution >= 0.6 is 12.4 Å². The van der Waals surface area contributed by atoms with Crippen LogP contribution in [0.5, 0.6) is 0 Å². The highest BCUT2D eigenvalue weighted by Crippen LogP contribution is 2.49. The third kappa shape index (κ3) is 6.85. The number of aryl methyl sites for hydroxylation is 2. The molecule has 0 aromatic heterocycles. The number of rotatable bonds is 12. The lowest BCUT2D eigenvalue weighted by atomic mass is 9.76. The largest absolute Gasteiger partial charge is 0.350 e. The fourth-order valence-electron chi connectivity index (χ4n) is 5.73. The first-order valence-electron chi connectivity index (χ1n) is 14.0. The van der Waals surface area contributed by atoms with Gasteiger partial charge in [-0.1, -0.05) is 109 Å². The van der Waals surface area contributed by atoms with Gasteiger partial charge in [0.1, 0.15) is 11.2 Å². The van der Waals surface area contributed by atoms with Crippen molar-refractivity contribution in [2.45, 2.75) is 37.9 Å². The van der Waals surface area contributed by atoms with Gasteiger partial charge in [0, 0.05) is 13.1 Å². The second kappa shape index (κ2) is 14.1. The van der Waals surface area contributed by atoms with Gasteiger partial charge in [-0.3, -0.25) is 0 Å². The summed E-state index contributed by atoms with van der Waals surface area (Å²) >= 11 is 0. The molecule has 0 spiro atoms. The quantitative estimate of drug-likeness (QED) is 0.177. The van der Waals surface area contributed by atoms with E-state index in [-0.39, 0.29) is 12.4 Å². The van der Waals surface area contributed by atoms with E-state index in [1.54, 1.807) is 0 Å². The van der Waals surface area contributed by atoms with Crippen molar-refractivity contribution >= 4 is 12.4 Å². The third-order valence-corrected chi connectivity index (χ3v) is 7.81. The van der Waals surface area contributed by atoms with Crippen LogP contribution in [-0.2, 0) is 15.9 Å². The van der Waals surface area contributed by atoms with E-state index in [4.69, 9.17) is 4.74 Å². The maximum Gasteiger partial charge on any atom is 0.121 e. The monoisotopic (exact) mass is 556 g/mol. The molecule has 4 aromatic rings. The van der Waals surface area contributed by atoms with Gasteiger partial charge in [-0.2, -0.15) is 0 Å². The van der Waals surface area contributed by atoms with E-state index in [1.807, 2.05) is 0 Å². The molecule has 0 aliphatic carbocycles. The van der Waals surface area contributed by atoms with Crippen molar-refractivity contribution in [1.82, 2.24) is 9.80 Å². The predicted molar refractivity (Wildman–Crippen MR) is 171 cm³/mol. The Bertz CT molecular complexity index is 1220. The molecule has 4 heteroatoms. The number of hydrogen-bond acceptors (Lipinski definition) is 3. The standard InChI is InChI=1S/C36H44N2O.ClH/c1-29-17-13-15-23-33(29)35(25-27-37(3)4,31-19-9-7-10-20-31)39-36(26-28-38(5)6,32-21-11-8-12-22-32)34-24-16-14-18-30(34)2;/h7-24H,25-28H2,1-6H3;1H. The summed E-state index contributed by atoms with van der Waals surface area (Å²) in [5.41, 5.74) is 5.91. The van der Waals surface area contributed by atoms with Gasteiger partial charge in [-0.05, 0) is 88.3 Å². The number of nitrogens with zero attached hydrogens (tertiary/aromatic N) is 2. The number of benzene rings is 4. The second-order valence-electron chi connectivity index (χ2n) is 11.2. The summed E-state index contributed by atoms with van der Waals surface area (Å²) < 4.78 is 7.98. The molecule has 4 rings (SSSR count). The van der Waals surface area contributed by atoms with Crippen LogP contribution < -0.4 is 0 Å². The van der Waals surface area contributed by atoms with Crippen LogP contribution in [0.2, 0.25) is 0 Å². The van der Waals surface area contributed by atoms with Gasteiger partial charge >= 0.3 is 0 Å². The topological polar surface area (TPSA) is 15.7 Å². The molecule has 0 bridgehead atoms. The highest BCUT2D eigenvalue weighted by Gasteiger charge is 2.47. The van der Waals surface area contributed by atoms with Crippen LogP contribution in [0.1, 0.15) is 46.2 Å². The lowest BCUT2D eigenvalue weighted by Crippen LogP contribution is -2.46. The summed E-state index contributed by atoms with van der Waals surface area (Å²) in [6.07, 6.45) is 1.63. The first-order valence-corrected chi connectivity index (χ1v) is 14.0. The van der Waals surface area contributed by atoms with Crippen LogP contribution in [0.15, 0.2) is 109 Å². The van der Waals surface area contributed by atoms with Crippen LogP contribution in [0.25, 0.3) is 0 Å². The molecule has 0 saturated carbocycles. The number of hydrogen-bond donors (Lipinski definition) is 0. The fraction of sp³-hybridized carbons (Fsp3) is 0.333. The summed E-state index contributed by atoms with van der Waals surface area (Å²) in [5, 5.41) is 0. The van der Waals surface area contributed by atoms with Crippen molar-refractivity contribution in [3.05, 3.63) is 143 Å². The molecule has 0 amide bonds. The van der Waals surface area contributed by atoms with Crippen molar-refractivity contribution in [1.29, 1.82) is 0 Å². The maximum atomic E-state index is 7.98. The Kier molecular flexibility index (Phi) is 11.1. The second-order valence-corrected chi connectivity index (χ2v) is 11.2. The molecular formula is C36H45ClN2O. The molecule has 3 nitrogen and oxygen atoms in total. The number of ether oxygens (including phenoxy) is 1. The van der Waals surface area contributed by atoms with Crippen molar-refractivity contribution < 1.29 is 4.74 Å². The fourth-order valence-corrected chi connectivity index (χ4v) is 5.73. The third-order valence-electron chi connectivity index (χ3n) is 7.81. The summed E-state index contributed by atoms with van der Waals surface area (Å²) in [6.45, 7) is 6.19. The molecule has 0 aliphatic heterocycles. The van der Waals surface area contributed by atoms with Gasteiger partial charge in [0.25, 0.3) is 0 Å². The molecule has 212 valence electrons. The van der Waals surface area contributed by atoms with Gasteiger partial charge in [-0.25, -0.2) is 0 Å². The first-order chi connectivity index (χ1) is 18.8. The molecule has 0 heterocycles. The van der Waals surface area contributed by atoms with Crippen LogP contribution in [0.4, 0.5) is 0 Å². The minimum absolute atomic E-state index is 0. The number of halogens is 1. The molecule has 2 unspecified atom stereocenters. The summed E-state index contributed by atoms with van der Waals surface area (Å²) in [5.74, 6) is 0. The van der Waals surface area contributed by atoms with Crippen molar-refractivity contribution in [3.63, 3.8) is 0 Å². The van der Waals surface area contributed by atoms with E-state index < -0.39 is 11.2 Å². The minimum Gasteiger partial charge on any atom is -0.350 e. The summed E-state index contributed by atoms with van der Waals surface area (Å²) in [7, 11) is 8.58. The zero-order chi connectivity index (χ0) is 27.9. The molecule has 0 N–H and O–H groups in total. The van der Waals surface area contributed by atoms with Crippen molar-refractivity contribution in [3.8, 4) is 0 Å². The van der Waals surface area contributed by atoms with Crippen molar-refractivity contribution in [2.75, 3.05) is 41.3 Å². The first kappa shape index (κ1) is 31.6. The van der Waals surface area contributed by atoms with E-state index in [0.717, 1.165) is 25.9 Å². The van der Waals surface area contributed by atoms with Gasteiger partial charge < -0.3 is 14.5 Å². The van der Waals surface area contributed by atoms with Gasteiger partial charge in [0.05, 0.1) is 0 Å². The van der Waals surface area contributed by atoms with E-state index >= 15 is 0 Å². The average molecular weight is 557 g/mol.